The summed E-state index contributed by atoms with van der Waals surface area (Å²) >= 11 is 5.78. The second-order valence-corrected chi connectivity index (χ2v) is 6.04. The van der Waals surface area contributed by atoms with Gasteiger partial charge in [-0.05, 0) is 12.8 Å². The Kier molecular flexibility index (Phi) is 5.25. The molecule has 0 bridgehead atoms. The van der Waals surface area contributed by atoms with Crippen LogP contribution in [0.3, 0.4) is 0 Å². The van der Waals surface area contributed by atoms with Crippen LogP contribution < -0.4 is 0 Å². The van der Waals surface area contributed by atoms with Crippen molar-refractivity contribution in [3.05, 3.63) is 0 Å². The standard InChI is InChI=1S/C10H18OS2/c1-8(12)7-10(11)13-9-5-3-2-4-6-9/h8-9,12H,2-7H2,1H3. The summed E-state index contributed by atoms with van der Waals surface area (Å²) in [6.45, 7) is 1.97. The number of hydrogen-bond donors (Lipinski definition) is 1. The van der Waals surface area contributed by atoms with Gasteiger partial charge in [0.2, 0.25) is 0 Å². The maximum absolute atomic E-state index is 11.4. The summed E-state index contributed by atoms with van der Waals surface area (Å²) in [6.07, 6.45) is 7.05. The average molecular weight is 218 g/mol. The topological polar surface area (TPSA) is 17.1 Å². The molecule has 0 aromatic heterocycles. The predicted molar refractivity (Wildman–Crippen MR) is 62.5 cm³/mol. The van der Waals surface area contributed by atoms with Crippen molar-refractivity contribution < 1.29 is 4.79 Å². The van der Waals surface area contributed by atoms with Gasteiger partial charge in [-0.1, -0.05) is 37.9 Å². The van der Waals surface area contributed by atoms with Gasteiger partial charge < -0.3 is 0 Å². The molecule has 0 saturated heterocycles. The zero-order valence-electron chi connectivity index (χ0n) is 8.16. The number of carbonyl (C=O) groups is 1. The van der Waals surface area contributed by atoms with Crippen LogP contribution in [0.4, 0.5) is 0 Å². The lowest BCUT2D eigenvalue weighted by molar-refractivity contribution is -0.110. The van der Waals surface area contributed by atoms with Crippen molar-refractivity contribution in [1.29, 1.82) is 0 Å². The molecule has 1 rings (SSSR count). The van der Waals surface area contributed by atoms with Crippen molar-refractivity contribution in [2.45, 2.75) is 55.9 Å². The van der Waals surface area contributed by atoms with Gasteiger partial charge in [-0.25, -0.2) is 0 Å². The Morgan fingerprint density at radius 3 is 2.62 bits per heavy atom. The summed E-state index contributed by atoms with van der Waals surface area (Å²) in [4.78, 5) is 11.4. The van der Waals surface area contributed by atoms with E-state index in [-0.39, 0.29) is 5.25 Å². The maximum Gasteiger partial charge on any atom is 0.190 e. The highest BCUT2D eigenvalue weighted by molar-refractivity contribution is 8.14. The average Bonchev–Trinajstić information content (AvgIpc) is 2.04. The van der Waals surface area contributed by atoms with Gasteiger partial charge >= 0.3 is 0 Å². The molecule has 0 aromatic carbocycles. The van der Waals surface area contributed by atoms with E-state index in [9.17, 15) is 4.79 Å². The monoisotopic (exact) mass is 218 g/mol. The summed E-state index contributed by atoms with van der Waals surface area (Å²) in [6, 6.07) is 0. The van der Waals surface area contributed by atoms with Gasteiger partial charge in [-0.2, -0.15) is 12.6 Å². The lowest BCUT2D eigenvalue weighted by atomic mass is 10.0. The van der Waals surface area contributed by atoms with Gasteiger partial charge in [0, 0.05) is 16.9 Å². The fourth-order valence-corrected chi connectivity index (χ4v) is 3.23. The van der Waals surface area contributed by atoms with E-state index in [1.165, 1.54) is 32.1 Å². The molecule has 0 spiro atoms. The fourth-order valence-electron chi connectivity index (χ4n) is 1.66. The molecule has 0 N–H and O–H groups in total. The third-order valence-corrected chi connectivity index (χ3v) is 3.73. The highest BCUT2D eigenvalue weighted by Crippen LogP contribution is 2.29. The van der Waals surface area contributed by atoms with Crippen LogP contribution in [0, 0.1) is 0 Å². The van der Waals surface area contributed by atoms with Crippen molar-refractivity contribution in [2.75, 3.05) is 0 Å². The van der Waals surface area contributed by atoms with Crippen LogP contribution in [0.2, 0.25) is 0 Å². The third kappa shape index (κ3) is 4.96. The van der Waals surface area contributed by atoms with Crippen LogP contribution in [0.25, 0.3) is 0 Å². The highest BCUT2D eigenvalue weighted by Gasteiger charge is 2.18. The number of rotatable bonds is 3. The number of carbonyl (C=O) groups excluding carboxylic acids is 1. The Bertz CT molecular complexity index is 162. The van der Waals surface area contributed by atoms with Crippen LogP contribution in [0.15, 0.2) is 0 Å². The normalized spacial score (nSPS) is 21.4. The molecular formula is C10H18OS2. The first-order valence-corrected chi connectivity index (χ1v) is 6.45. The predicted octanol–water partition coefficient (Wildman–Crippen LogP) is 3.29. The summed E-state index contributed by atoms with van der Waals surface area (Å²) < 4.78 is 0. The smallest absolute Gasteiger partial charge is 0.190 e. The summed E-state index contributed by atoms with van der Waals surface area (Å²) in [7, 11) is 0. The second kappa shape index (κ2) is 5.97. The molecule has 0 heterocycles. The van der Waals surface area contributed by atoms with Gasteiger partial charge in [-0.15, -0.1) is 0 Å². The van der Waals surface area contributed by atoms with Crippen molar-refractivity contribution >= 4 is 29.5 Å². The first-order valence-electron chi connectivity index (χ1n) is 5.06. The van der Waals surface area contributed by atoms with E-state index < -0.39 is 0 Å². The Balaban J connectivity index is 2.18. The zero-order chi connectivity index (χ0) is 9.68. The SMILES string of the molecule is CC(S)CC(=O)SC1CCCCC1. The molecule has 0 aromatic rings. The number of thiol groups is 1. The second-order valence-electron chi connectivity index (χ2n) is 3.80. The summed E-state index contributed by atoms with van der Waals surface area (Å²) in [5.74, 6) is 0. The number of hydrogen-bond acceptors (Lipinski definition) is 3. The lowest BCUT2D eigenvalue weighted by Crippen LogP contribution is -2.12. The van der Waals surface area contributed by atoms with E-state index in [0.29, 0.717) is 16.8 Å². The van der Waals surface area contributed by atoms with Crippen molar-refractivity contribution in [3.63, 3.8) is 0 Å². The molecule has 1 aliphatic carbocycles. The molecule has 13 heavy (non-hydrogen) atoms. The van der Waals surface area contributed by atoms with Crippen LogP contribution >= 0.6 is 24.4 Å². The lowest BCUT2D eigenvalue weighted by Gasteiger charge is -2.20. The van der Waals surface area contributed by atoms with Gasteiger partial charge in [-0.3, -0.25) is 4.79 Å². The third-order valence-electron chi connectivity index (χ3n) is 2.31. The minimum absolute atomic E-state index is 0.212. The molecule has 1 unspecified atom stereocenters. The van der Waals surface area contributed by atoms with Gasteiger partial charge in [0.1, 0.15) is 0 Å². The van der Waals surface area contributed by atoms with Crippen LogP contribution in [0.5, 0.6) is 0 Å². The summed E-state index contributed by atoms with van der Waals surface area (Å²) in [5, 5.41) is 1.14. The molecule has 1 fully saturated rings. The van der Waals surface area contributed by atoms with Gasteiger partial charge in [0.25, 0.3) is 0 Å². The van der Waals surface area contributed by atoms with Crippen molar-refractivity contribution in [3.8, 4) is 0 Å². The number of thioether (sulfide) groups is 1. The van der Waals surface area contributed by atoms with E-state index in [0.717, 1.165) is 0 Å². The van der Waals surface area contributed by atoms with E-state index in [4.69, 9.17) is 0 Å². The van der Waals surface area contributed by atoms with E-state index in [1.807, 2.05) is 6.92 Å². The molecule has 0 amide bonds. The van der Waals surface area contributed by atoms with Crippen molar-refractivity contribution in [2.24, 2.45) is 0 Å². The van der Waals surface area contributed by atoms with Crippen molar-refractivity contribution in [1.82, 2.24) is 0 Å². The molecular weight excluding hydrogens is 200 g/mol. The molecule has 1 nitrogen and oxygen atoms in total. The summed E-state index contributed by atoms with van der Waals surface area (Å²) in [5.41, 5.74) is 0. The molecule has 0 aliphatic heterocycles. The molecule has 1 aliphatic rings. The zero-order valence-corrected chi connectivity index (χ0v) is 9.87. The molecule has 3 heteroatoms. The fraction of sp³-hybridized carbons (Fsp3) is 0.900. The van der Waals surface area contributed by atoms with Gasteiger partial charge in [0.15, 0.2) is 5.12 Å². The molecule has 1 atom stereocenters. The Hall–Kier alpha value is 0.370. The van der Waals surface area contributed by atoms with Crippen LogP contribution in [-0.2, 0) is 4.79 Å². The molecule has 0 radical (unpaired) electrons. The first kappa shape index (κ1) is 11.4. The molecule has 1 saturated carbocycles. The van der Waals surface area contributed by atoms with Crippen LogP contribution in [0.1, 0.15) is 45.4 Å². The Morgan fingerprint density at radius 2 is 2.08 bits per heavy atom. The first-order chi connectivity index (χ1) is 6.18. The quantitative estimate of drug-likeness (QED) is 0.732. The largest absolute Gasteiger partial charge is 0.287 e. The van der Waals surface area contributed by atoms with Gasteiger partial charge in [0.05, 0.1) is 0 Å². The van der Waals surface area contributed by atoms with E-state index in [1.54, 1.807) is 11.8 Å². The molecule has 76 valence electrons. The van der Waals surface area contributed by atoms with E-state index in [2.05, 4.69) is 12.6 Å². The minimum atomic E-state index is 0.212. The van der Waals surface area contributed by atoms with E-state index >= 15 is 0 Å². The highest BCUT2D eigenvalue weighted by atomic mass is 32.2. The maximum atomic E-state index is 11.4. The Labute approximate surface area is 90.5 Å². The minimum Gasteiger partial charge on any atom is -0.287 e. The Morgan fingerprint density at radius 1 is 1.46 bits per heavy atom. The van der Waals surface area contributed by atoms with Crippen LogP contribution in [-0.4, -0.2) is 15.6 Å².